The normalized spacial score (nSPS) is 11.3. The lowest BCUT2D eigenvalue weighted by Gasteiger charge is -2.10. The smallest absolute Gasteiger partial charge is 0.276 e. The van der Waals surface area contributed by atoms with Crippen LogP contribution in [0, 0.1) is 0 Å². The quantitative estimate of drug-likeness (QED) is 0.495. The zero-order valence-corrected chi connectivity index (χ0v) is 15.7. The Kier molecular flexibility index (Phi) is 3.91. The molecule has 0 spiro atoms. The van der Waals surface area contributed by atoms with E-state index in [9.17, 15) is 9.59 Å². The molecule has 0 aliphatic rings. The fraction of sp³-hybridized carbons (Fsp3) is 0.0870. The second-order valence-corrected chi connectivity index (χ2v) is 6.78. The van der Waals surface area contributed by atoms with Gasteiger partial charge in [-0.05, 0) is 31.2 Å². The van der Waals surface area contributed by atoms with Gasteiger partial charge in [-0.3, -0.25) is 9.59 Å². The predicted molar refractivity (Wildman–Crippen MR) is 113 cm³/mol. The van der Waals surface area contributed by atoms with E-state index in [4.69, 9.17) is 4.42 Å². The fourth-order valence-electron chi connectivity index (χ4n) is 3.61. The molecular weight excluding hydrogens is 366 g/mol. The highest BCUT2D eigenvalue weighted by Crippen LogP contribution is 2.30. The van der Waals surface area contributed by atoms with Crippen molar-refractivity contribution >= 4 is 44.3 Å². The molecule has 0 radical (unpaired) electrons. The number of nitrogens with one attached hydrogen (secondary N) is 1. The first-order valence-electron chi connectivity index (χ1n) is 9.38. The Hall–Kier alpha value is -3.93. The second kappa shape index (κ2) is 6.60. The van der Waals surface area contributed by atoms with Gasteiger partial charge in [0.05, 0.1) is 5.39 Å². The van der Waals surface area contributed by atoms with Crippen molar-refractivity contribution in [2.75, 3.05) is 5.32 Å². The Balaban J connectivity index is 1.57. The Labute approximate surface area is 165 Å². The molecule has 0 atom stereocenters. The van der Waals surface area contributed by atoms with Crippen molar-refractivity contribution in [3.63, 3.8) is 0 Å². The minimum Gasteiger partial charge on any atom is -0.456 e. The molecule has 1 amide bonds. The average Bonchev–Trinajstić information content (AvgIpc) is 3.12. The van der Waals surface area contributed by atoms with E-state index in [2.05, 4.69) is 10.4 Å². The molecule has 6 heteroatoms. The van der Waals surface area contributed by atoms with Gasteiger partial charge in [0.25, 0.3) is 11.5 Å². The lowest BCUT2D eigenvalue weighted by Crippen LogP contribution is -2.27. The number of furan rings is 1. The molecule has 0 aliphatic carbocycles. The van der Waals surface area contributed by atoms with Crippen LogP contribution in [0.15, 0.2) is 75.9 Å². The Bertz CT molecular complexity index is 1460. The summed E-state index contributed by atoms with van der Waals surface area (Å²) in [7, 11) is 0. The van der Waals surface area contributed by atoms with Gasteiger partial charge < -0.3 is 9.73 Å². The SMILES string of the molecule is CCn1nc(C(=O)Nc2ccc3c(c2)oc2ccccc23)c2ccccc2c1=O. The van der Waals surface area contributed by atoms with E-state index in [0.717, 1.165) is 16.4 Å². The summed E-state index contributed by atoms with van der Waals surface area (Å²) in [6.45, 7) is 2.20. The van der Waals surface area contributed by atoms with Gasteiger partial charge in [-0.25, -0.2) is 4.68 Å². The molecule has 0 fully saturated rings. The van der Waals surface area contributed by atoms with E-state index in [1.54, 1.807) is 30.3 Å². The maximum absolute atomic E-state index is 13.0. The number of aromatic nitrogens is 2. The van der Waals surface area contributed by atoms with Crippen LogP contribution in [0.4, 0.5) is 5.69 Å². The molecule has 0 saturated heterocycles. The highest BCUT2D eigenvalue weighted by molar-refractivity contribution is 6.12. The van der Waals surface area contributed by atoms with Gasteiger partial charge >= 0.3 is 0 Å². The van der Waals surface area contributed by atoms with Crippen molar-refractivity contribution in [2.24, 2.45) is 0 Å². The number of hydrogen-bond donors (Lipinski definition) is 1. The first-order chi connectivity index (χ1) is 14.2. The van der Waals surface area contributed by atoms with Crippen LogP contribution in [0.3, 0.4) is 0 Å². The monoisotopic (exact) mass is 383 g/mol. The molecule has 0 saturated carbocycles. The zero-order valence-electron chi connectivity index (χ0n) is 15.7. The molecule has 142 valence electrons. The standard InChI is InChI=1S/C23H17N3O3/c1-2-26-23(28)18-9-4-3-8-17(18)21(25-26)22(27)24-14-11-12-16-15-7-5-6-10-19(15)29-20(16)13-14/h3-13H,2H2,1H3,(H,24,27). The van der Waals surface area contributed by atoms with Gasteiger partial charge in [0, 0.05) is 34.5 Å². The largest absolute Gasteiger partial charge is 0.456 e. The summed E-state index contributed by atoms with van der Waals surface area (Å²) in [4.78, 5) is 25.5. The average molecular weight is 383 g/mol. The van der Waals surface area contributed by atoms with Crippen molar-refractivity contribution in [3.05, 3.63) is 82.8 Å². The zero-order chi connectivity index (χ0) is 20.0. The van der Waals surface area contributed by atoms with Crippen LogP contribution in [0.25, 0.3) is 32.7 Å². The predicted octanol–water partition coefficient (Wildman–Crippen LogP) is 4.57. The highest BCUT2D eigenvalue weighted by atomic mass is 16.3. The molecule has 2 aromatic heterocycles. The van der Waals surface area contributed by atoms with Crippen LogP contribution in [0.5, 0.6) is 0 Å². The first-order valence-corrected chi connectivity index (χ1v) is 9.38. The third-order valence-corrected chi connectivity index (χ3v) is 5.02. The fourth-order valence-corrected chi connectivity index (χ4v) is 3.61. The van der Waals surface area contributed by atoms with Crippen molar-refractivity contribution in [1.82, 2.24) is 9.78 Å². The van der Waals surface area contributed by atoms with Gasteiger partial charge in [0.1, 0.15) is 11.2 Å². The van der Waals surface area contributed by atoms with E-state index < -0.39 is 0 Å². The number of fused-ring (bicyclic) bond motifs is 4. The molecule has 5 rings (SSSR count). The van der Waals surface area contributed by atoms with E-state index in [1.807, 2.05) is 43.3 Å². The summed E-state index contributed by atoms with van der Waals surface area (Å²) in [6.07, 6.45) is 0. The lowest BCUT2D eigenvalue weighted by atomic mass is 10.1. The van der Waals surface area contributed by atoms with Crippen molar-refractivity contribution in [1.29, 1.82) is 0 Å². The lowest BCUT2D eigenvalue weighted by molar-refractivity contribution is 0.102. The number of para-hydroxylation sites is 1. The number of carbonyl (C=O) groups excluding carboxylic acids is 1. The summed E-state index contributed by atoms with van der Waals surface area (Å²) in [5, 5.41) is 10.2. The maximum atomic E-state index is 13.0. The number of carbonyl (C=O) groups is 1. The summed E-state index contributed by atoms with van der Waals surface area (Å²) in [5.74, 6) is -0.376. The van der Waals surface area contributed by atoms with Crippen molar-refractivity contribution < 1.29 is 9.21 Å². The molecule has 1 N–H and O–H groups in total. The molecule has 5 aromatic rings. The highest BCUT2D eigenvalue weighted by Gasteiger charge is 2.17. The summed E-state index contributed by atoms with van der Waals surface area (Å²) in [6, 6.07) is 20.4. The number of hydrogen-bond acceptors (Lipinski definition) is 4. The summed E-state index contributed by atoms with van der Waals surface area (Å²) < 4.78 is 7.20. The van der Waals surface area contributed by atoms with E-state index >= 15 is 0 Å². The number of anilines is 1. The van der Waals surface area contributed by atoms with E-state index in [-0.39, 0.29) is 17.2 Å². The molecule has 6 nitrogen and oxygen atoms in total. The molecule has 0 unspecified atom stereocenters. The molecule has 3 aromatic carbocycles. The van der Waals surface area contributed by atoms with E-state index in [1.165, 1.54) is 4.68 Å². The minimum absolute atomic E-state index is 0.205. The van der Waals surface area contributed by atoms with Crippen LogP contribution in [-0.4, -0.2) is 15.7 Å². The number of rotatable bonds is 3. The van der Waals surface area contributed by atoms with Gasteiger partial charge in [0.2, 0.25) is 0 Å². The van der Waals surface area contributed by atoms with Gasteiger partial charge in [0.15, 0.2) is 5.69 Å². The topological polar surface area (TPSA) is 77.1 Å². The van der Waals surface area contributed by atoms with Gasteiger partial charge in [-0.15, -0.1) is 0 Å². The third kappa shape index (κ3) is 2.77. The Morgan fingerprint density at radius 2 is 1.62 bits per heavy atom. The van der Waals surface area contributed by atoms with Crippen LogP contribution in [-0.2, 0) is 6.54 Å². The van der Waals surface area contributed by atoms with E-state index in [0.29, 0.717) is 28.6 Å². The number of benzene rings is 3. The second-order valence-electron chi connectivity index (χ2n) is 6.78. The third-order valence-electron chi connectivity index (χ3n) is 5.02. The number of nitrogens with zero attached hydrogens (tertiary/aromatic N) is 2. The van der Waals surface area contributed by atoms with Gasteiger partial charge in [-0.2, -0.15) is 5.10 Å². The summed E-state index contributed by atoms with van der Waals surface area (Å²) >= 11 is 0. The Morgan fingerprint density at radius 1 is 0.931 bits per heavy atom. The number of aryl methyl sites for hydroxylation is 1. The van der Waals surface area contributed by atoms with Crippen LogP contribution >= 0.6 is 0 Å². The van der Waals surface area contributed by atoms with Crippen LogP contribution < -0.4 is 10.9 Å². The molecule has 29 heavy (non-hydrogen) atoms. The molecule has 0 bridgehead atoms. The minimum atomic E-state index is -0.376. The summed E-state index contributed by atoms with van der Waals surface area (Å²) in [5.41, 5.74) is 2.10. The molecule has 2 heterocycles. The van der Waals surface area contributed by atoms with Crippen LogP contribution in [0.1, 0.15) is 17.4 Å². The molecule has 0 aliphatic heterocycles. The van der Waals surface area contributed by atoms with Crippen molar-refractivity contribution in [2.45, 2.75) is 13.5 Å². The van der Waals surface area contributed by atoms with Crippen LogP contribution in [0.2, 0.25) is 0 Å². The Morgan fingerprint density at radius 3 is 2.41 bits per heavy atom. The van der Waals surface area contributed by atoms with Gasteiger partial charge in [-0.1, -0.05) is 36.4 Å². The molecular formula is C23H17N3O3. The number of amides is 1. The van der Waals surface area contributed by atoms with Crippen molar-refractivity contribution in [3.8, 4) is 0 Å². The first kappa shape index (κ1) is 17.2. The maximum Gasteiger partial charge on any atom is 0.276 e.